The van der Waals surface area contributed by atoms with Gasteiger partial charge in [-0.05, 0) is 25.7 Å². The molecule has 1 aliphatic rings. The summed E-state index contributed by atoms with van der Waals surface area (Å²) in [4.78, 5) is 9.14. The van der Waals surface area contributed by atoms with Crippen molar-refractivity contribution >= 4 is 0 Å². The Labute approximate surface area is 91.1 Å². The summed E-state index contributed by atoms with van der Waals surface area (Å²) < 4.78 is 0. The van der Waals surface area contributed by atoms with Gasteiger partial charge in [0.2, 0.25) is 0 Å². The minimum Gasteiger partial charge on any atom is -0.326 e. The van der Waals surface area contributed by atoms with E-state index >= 15 is 0 Å². The van der Waals surface area contributed by atoms with Crippen LogP contribution in [0.3, 0.4) is 0 Å². The Morgan fingerprint density at radius 1 is 1.27 bits per heavy atom. The Kier molecular flexibility index (Phi) is 2.30. The van der Waals surface area contributed by atoms with Gasteiger partial charge in [-0.25, -0.2) is 9.97 Å². The second-order valence-corrected chi connectivity index (χ2v) is 5.18. The fourth-order valence-corrected chi connectivity index (χ4v) is 2.12. The smallest absolute Gasteiger partial charge is 0.132 e. The summed E-state index contributed by atoms with van der Waals surface area (Å²) in [5, 5.41) is 0. The second-order valence-electron chi connectivity index (χ2n) is 5.18. The van der Waals surface area contributed by atoms with Crippen molar-refractivity contribution in [2.45, 2.75) is 46.6 Å². The summed E-state index contributed by atoms with van der Waals surface area (Å²) in [6, 6.07) is 0. The van der Waals surface area contributed by atoms with Gasteiger partial charge in [0.05, 0.1) is 0 Å². The summed E-state index contributed by atoms with van der Waals surface area (Å²) in [7, 11) is 0. The van der Waals surface area contributed by atoms with Crippen LogP contribution in [0.4, 0.5) is 0 Å². The first-order valence-electron chi connectivity index (χ1n) is 5.50. The number of hydrogen-bond donors (Lipinski definition) is 1. The third kappa shape index (κ3) is 1.76. The van der Waals surface area contributed by atoms with Crippen molar-refractivity contribution in [2.24, 2.45) is 11.1 Å². The summed E-state index contributed by atoms with van der Waals surface area (Å²) in [6.07, 6.45) is 1.20. The van der Waals surface area contributed by atoms with E-state index in [1.807, 2.05) is 13.8 Å². The standard InChI is InChI=1S/C12H19N3/c1-7-9(6-13)8(2)15-11(14-7)10-5-12(10,3)4/h10H,5-6,13H2,1-4H3. The highest BCUT2D eigenvalue weighted by molar-refractivity contribution is 5.27. The minimum absolute atomic E-state index is 0.392. The monoisotopic (exact) mass is 205 g/mol. The highest BCUT2D eigenvalue weighted by atomic mass is 14.9. The van der Waals surface area contributed by atoms with Crippen LogP contribution in [0, 0.1) is 19.3 Å². The van der Waals surface area contributed by atoms with Gasteiger partial charge < -0.3 is 5.73 Å². The van der Waals surface area contributed by atoms with E-state index in [0.717, 1.165) is 22.8 Å². The van der Waals surface area contributed by atoms with Crippen LogP contribution in [0.25, 0.3) is 0 Å². The minimum atomic E-state index is 0.392. The van der Waals surface area contributed by atoms with Gasteiger partial charge >= 0.3 is 0 Å². The van der Waals surface area contributed by atoms with Crippen LogP contribution in [0.15, 0.2) is 0 Å². The number of nitrogens with zero attached hydrogens (tertiary/aromatic N) is 2. The first kappa shape index (κ1) is 10.6. The molecule has 1 heterocycles. The molecule has 15 heavy (non-hydrogen) atoms. The molecule has 1 unspecified atom stereocenters. The molecule has 1 aromatic rings. The Balaban J connectivity index is 2.37. The van der Waals surface area contributed by atoms with E-state index in [1.165, 1.54) is 6.42 Å². The average molecular weight is 205 g/mol. The predicted molar refractivity (Wildman–Crippen MR) is 60.5 cm³/mol. The van der Waals surface area contributed by atoms with Gasteiger partial charge in [0.15, 0.2) is 0 Å². The first-order chi connectivity index (χ1) is 6.95. The maximum absolute atomic E-state index is 5.67. The van der Waals surface area contributed by atoms with Crippen LogP contribution in [0.1, 0.15) is 49.0 Å². The highest BCUT2D eigenvalue weighted by Crippen LogP contribution is 2.57. The average Bonchev–Trinajstić information content (AvgIpc) is 2.74. The van der Waals surface area contributed by atoms with E-state index in [1.54, 1.807) is 0 Å². The van der Waals surface area contributed by atoms with Crippen LogP contribution in [0.5, 0.6) is 0 Å². The van der Waals surface area contributed by atoms with Gasteiger partial charge in [0, 0.05) is 29.4 Å². The van der Waals surface area contributed by atoms with Crippen LogP contribution in [0.2, 0.25) is 0 Å². The lowest BCUT2D eigenvalue weighted by Gasteiger charge is -2.09. The molecule has 0 aliphatic heterocycles. The van der Waals surface area contributed by atoms with Gasteiger partial charge in [-0.15, -0.1) is 0 Å². The lowest BCUT2D eigenvalue weighted by molar-refractivity contribution is 0.605. The third-order valence-electron chi connectivity index (χ3n) is 3.47. The van der Waals surface area contributed by atoms with E-state index in [0.29, 0.717) is 17.9 Å². The molecule has 2 N–H and O–H groups in total. The maximum atomic E-state index is 5.67. The molecular weight excluding hydrogens is 186 g/mol. The topological polar surface area (TPSA) is 51.8 Å². The van der Waals surface area contributed by atoms with E-state index in [-0.39, 0.29) is 0 Å². The molecule has 3 nitrogen and oxygen atoms in total. The molecule has 0 bridgehead atoms. The molecule has 1 saturated carbocycles. The molecule has 2 rings (SSSR count). The van der Waals surface area contributed by atoms with Crippen molar-refractivity contribution in [2.75, 3.05) is 0 Å². The lowest BCUT2D eigenvalue weighted by Crippen LogP contribution is -2.09. The molecule has 0 spiro atoms. The van der Waals surface area contributed by atoms with Crippen molar-refractivity contribution in [1.82, 2.24) is 9.97 Å². The molecule has 0 saturated heterocycles. The van der Waals surface area contributed by atoms with Gasteiger partial charge in [-0.3, -0.25) is 0 Å². The predicted octanol–water partition coefficient (Wildman–Crippen LogP) is 2.07. The Bertz CT molecular complexity index is 373. The van der Waals surface area contributed by atoms with Crippen LogP contribution in [-0.2, 0) is 6.54 Å². The number of nitrogens with two attached hydrogens (primary N) is 1. The zero-order chi connectivity index (χ0) is 11.2. The Morgan fingerprint density at radius 3 is 2.07 bits per heavy atom. The number of aromatic nitrogens is 2. The maximum Gasteiger partial charge on any atom is 0.132 e. The summed E-state index contributed by atoms with van der Waals surface area (Å²) in [5.41, 5.74) is 9.24. The van der Waals surface area contributed by atoms with E-state index in [9.17, 15) is 0 Å². The molecule has 1 atom stereocenters. The highest BCUT2D eigenvalue weighted by Gasteiger charge is 2.48. The van der Waals surface area contributed by atoms with Gasteiger partial charge in [-0.1, -0.05) is 13.8 Å². The first-order valence-corrected chi connectivity index (χ1v) is 5.50. The van der Waals surface area contributed by atoms with Crippen molar-refractivity contribution in [3.8, 4) is 0 Å². The molecular formula is C12H19N3. The fourth-order valence-electron chi connectivity index (χ4n) is 2.12. The Hall–Kier alpha value is -0.960. The van der Waals surface area contributed by atoms with Gasteiger partial charge in [0.1, 0.15) is 5.82 Å². The lowest BCUT2D eigenvalue weighted by atomic mass is 10.1. The molecule has 0 aromatic carbocycles. The largest absolute Gasteiger partial charge is 0.326 e. The van der Waals surface area contributed by atoms with Gasteiger partial charge in [0.25, 0.3) is 0 Å². The molecule has 82 valence electrons. The van der Waals surface area contributed by atoms with E-state index in [2.05, 4.69) is 23.8 Å². The number of hydrogen-bond acceptors (Lipinski definition) is 3. The molecule has 1 aliphatic carbocycles. The molecule has 1 aromatic heterocycles. The SMILES string of the molecule is Cc1nc(C2CC2(C)C)nc(C)c1CN. The zero-order valence-corrected chi connectivity index (χ0v) is 9.96. The summed E-state index contributed by atoms with van der Waals surface area (Å²) in [6.45, 7) is 9.11. The van der Waals surface area contributed by atoms with E-state index < -0.39 is 0 Å². The normalized spacial score (nSPS) is 22.9. The summed E-state index contributed by atoms with van der Waals surface area (Å²) in [5.74, 6) is 1.55. The van der Waals surface area contributed by atoms with Crippen molar-refractivity contribution in [3.05, 3.63) is 22.8 Å². The van der Waals surface area contributed by atoms with Crippen LogP contribution in [-0.4, -0.2) is 9.97 Å². The molecule has 1 fully saturated rings. The molecule has 0 radical (unpaired) electrons. The number of rotatable bonds is 2. The van der Waals surface area contributed by atoms with Crippen LogP contribution < -0.4 is 5.73 Å². The van der Waals surface area contributed by atoms with Crippen LogP contribution >= 0.6 is 0 Å². The van der Waals surface area contributed by atoms with Crippen molar-refractivity contribution in [3.63, 3.8) is 0 Å². The van der Waals surface area contributed by atoms with Crippen molar-refractivity contribution < 1.29 is 0 Å². The Morgan fingerprint density at radius 2 is 1.73 bits per heavy atom. The fraction of sp³-hybridized carbons (Fsp3) is 0.667. The second kappa shape index (κ2) is 3.27. The molecule has 3 heteroatoms. The zero-order valence-electron chi connectivity index (χ0n) is 9.96. The summed E-state index contributed by atoms with van der Waals surface area (Å²) >= 11 is 0. The third-order valence-corrected chi connectivity index (χ3v) is 3.47. The molecule has 0 amide bonds. The quantitative estimate of drug-likeness (QED) is 0.804. The number of aryl methyl sites for hydroxylation is 2. The van der Waals surface area contributed by atoms with Crippen molar-refractivity contribution in [1.29, 1.82) is 0 Å². The van der Waals surface area contributed by atoms with E-state index in [4.69, 9.17) is 5.73 Å². The van der Waals surface area contributed by atoms with Gasteiger partial charge in [-0.2, -0.15) is 0 Å².